The number of rotatable bonds is 4. The van der Waals surface area contributed by atoms with E-state index in [0.29, 0.717) is 16.6 Å². The van der Waals surface area contributed by atoms with Crippen LogP contribution >= 0.6 is 11.6 Å². The van der Waals surface area contributed by atoms with Gasteiger partial charge < -0.3 is 5.32 Å². The Hall–Kier alpha value is -1.46. The molecule has 0 saturated heterocycles. The number of nitrogens with one attached hydrogen (secondary N) is 1. The summed E-state index contributed by atoms with van der Waals surface area (Å²) in [5.74, 6) is 1.09. The van der Waals surface area contributed by atoms with Crippen LogP contribution in [0.1, 0.15) is 5.56 Å². The van der Waals surface area contributed by atoms with Crippen LogP contribution in [0.2, 0.25) is 5.02 Å². The molecule has 2 rings (SSSR count). The molecule has 0 bridgehead atoms. The first kappa shape index (κ1) is 13.0. The molecule has 0 aliphatic heterocycles. The van der Waals surface area contributed by atoms with E-state index in [0.717, 1.165) is 11.3 Å². The average molecular weight is 282 g/mol. The Bertz CT molecular complexity index is 577. The largest absolute Gasteiger partial charge is 0.339 e. The molecule has 0 fully saturated rings. The van der Waals surface area contributed by atoms with E-state index >= 15 is 0 Å². The second-order valence-electron chi connectivity index (χ2n) is 3.76. The van der Waals surface area contributed by atoms with Crippen LogP contribution in [0.4, 0.5) is 11.5 Å². The summed E-state index contributed by atoms with van der Waals surface area (Å²) in [6.07, 6.45) is 4.64. The number of benzene rings is 1. The molecule has 4 nitrogen and oxygen atoms in total. The summed E-state index contributed by atoms with van der Waals surface area (Å²) in [5, 5.41) is 3.56. The third kappa shape index (κ3) is 3.51. The number of hydrogen-bond donors (Lipinski definition) is 1. The highest BCUT2D eigenvalue weighted by Gasteiger charge is 2.03. The van der Waals surface area contributed by atoms with Gasteiger partial charge in [0.25, 0.3) is 0 Å². The maximum absolute atomic E-state index is 11.2. The van der Waals surface area contributed by atoms with Gasteiger partial charge in [0.15, 0.2) is 5.82 Å². The second kappa shape index (κ2) is 5.93. The normalized spacial score (nSPS) is 12.1. The van der Waals surface area contributed by atoms with Crippen molar-refractivity contribution in [1.29, 1.82) is 0 Å². The first-order chi connectivity index (χ1) is 8.65. The summed E-state index contributed by atoms with van der Waals surface area (Å²) in [6, 6.07) is 7.67. The molecule has 1 aromatic heterocycles. The Kier molecular flexibility index (Phi) is 4.28. The quantitative estimate of drug-likeness (QED) is 0.936. The first-order valence-electron chi connectivity index (χ1n) is 5.26. The van der Waals surface area contributed by atoms with Gasteiger partial charge in [-0.3, -0.25) is 4.21 Å². The van der Waals surface area contributed by atoms with E-state index in [1.165, 1.54) is 12.5 Å². The van der Waals surface area contributed by atoms with Crippen LogP contribution < -0.4 is 5.32 Å². The molecule has 0 radical (unpaired) electrons. The molecule has 1 heterocycles. The van der Waals surface area contributed by atoms with Gasteiger partial charge >= 0.3 is 0 Å². The summed E-state index contributed by atoms with van der Waals surface area (Å²) in [7, 11) is -0.855. The minimum Gasteiger partial charge on any atom is -0.339 e. The van der Waals surface area contributed by atoms with Crippen molar-refractivity contribution in [3.63, 3.8) is 0 Å². The SMILES string of the molecule is CS(=O)Cc1cccc(Nc2ncncc2Cl)c1. The second-order valence-corrected chi connectivity index (χ2v) is 5.60. The van der Waals surface area contributed by atoms with Crippen LogP contribution in [0.5, 0.6) is 0 Å². The van der Waals surface area contributed by atoms with Crippen molar-refractivity contribution in [1.82, 2.24) is 9.97 Å². The maximum Gasteiger partial charge on any atom is 0.152 e. The van der Waals surface area contributed by atoms with Gasteiger partial charge in [-0.05, 0) is 17.7 Å². The van der Waals surface area contributed by atoms with Crippen LogP contribution in [0.15, 0.2) is 36.8 Å². The number of hydrogen-bond acceptors (Lipinski definition) is 4. The fourth-order valence-corrected chi connectivity index (χ4v) is 2.32. The van der Waals surface area contributed by atoms with Gasteiger partial charge in [-0.1, -0.05) is 23.7 Å². The topological polar surface area (TPSA) is 54.9 Å². The summed E-state index contributed by atoms with van der Waals surface area (Å²) < 4.78 is 11.2. The predicted octanol–water partition coefficient (Wildman–Crippen LogP) is 2.75. The molecule has 1 unspecified atom stereocenters. The third-order valence-corrected chi connectivity index (χ3v) is 3.24. The number of aromatic nitrogens is 2. The summed E-state index contributed by atoms with van der Waals surface area (Å²) in [5.41, 5.74) is 1.87. The molecule has 0 aliphatic carbocycles. The van der Waals surface area contributed by atoms with Crippen molar-refractivity contribution in [2.45, 2.75) is 5.75 Å². The van der Waals surface area contributed by atoms with Crippen molar-refractivity contribution in [3.8, 4) is 0 Å². The van der Waals surface area contributed by atoms with E-state index in [1.807, 2.05) is 24.3 Å². The summed E-state index contributed by atoms with van der Waals surface area (Å²) in [4.78, 5) is 7.87. The van der Waals surface area contributed by atoms with Gasteiger partial charge in [0.2, 0.25) is 0 Å². The Morgan fingerprint density at radius 1 is 1.44 bits per heavy atom. The van der Waals surface area contributed by atoms with Crippen molar-refractivity contribution in [2.75, 3.05) is 11.6 Å². The molecule has 6 heteroatoms. The van der Waals surface area contributed by atoms with Gasteiger partial charge in [0, 0.05) is 28.5 Å². The molecular weight excluding hydrogens is 270 g/mol. The summed E-state index contributed by atoms with van der Waals surface area (Å²) >= 11 is 5.96. The lowest BCUT2D eigenvalue weighted by Gasteiger charge is -2.08. The lowest BCUT2D eigenvalue weighted by molar-refractivity contribution is 0.686. The maximum atomic E-state index is 11.2. The van der Waals surface area contributed by atoms with Crippen molar-refractivity contribution in [2.24, 2.45) is 0 Å². The molecule has 0 spiro atoms. The van der Waals surface area contributed by atoms with E-state index in [-0.39, 0.29) is 0 Å². The lowest BCUT2D eigenvalue weighted by Crippen LogP contribution is -1.97. The summed E-state index contributed by atoms with van der Waals surface area (Å²) in [6.45, 7) is 0. The minimum absolute atomic E-state index is 0.460. The highest BCUT2D eigenvalue weighted by Crippen LogP contribution is 2.22. The molecular formula is C12H12ClN3OS. The average Bonchev–Trinajstić information content (AvgIpc) is 2.32. The smallest absolute Gasteiger partial charge is 0.152 e. The number of halogens is 1. The Labute approximate surface area is 113 Å². The minimum atomic E-state index is -0.855. The van der Waals surface area contributed by atoms with E-state index in [2.05, 4.69) is 15.3 Å². The monoisotopic (exact) mass is 281 g/mol. The molecule has 2 aromatic rings. The van der Waals surface area contributed by atoms with Gasteiger partial charge in [0.1, 0.15) is 11.3 Å². The van der Waals surface area contributed by atoms with Crippen molar-refractivity contribution >= 4 is 33.9 Å². The molecule has 0 amide bonds. The van der Waals surface area contributed by atoms with E-state index in [4.69, 9.17) is 11.6 Å². The highest BCUT2D eigenvalue weighted by atomic mass is 35.5. The van der Waals surface area contributed by atoms with E-state index in [9.17, 15) is 4.21 Å². The zero-order valence-corrected chi connectivity index (χ0v) is 11.3. The Morgan fingerprint density at radius 3 is 3.00 bits per heavy atom. The zero-order chi connectivity index (χ0) is 13.0. The van der Waals surface area contributed by atoms with Crippen LogP contribution in [0, 0.1) is 0 Å². The fourth-order valence-electron chi connectivity index (χ4n) is 1.51. The van der Waals surface area contributed by atoms with Crippen LogP contribution in [0.25, 0.3) is 0 Å². The van der Waals surface area contributed by atoms with Gasteiger partial charge in [-0.2, -0.15) is 0 Å². The highest BCUT2D eigenvalue weighted by molar-refractivity contribution is 7.83. The number of anilines is 2. The Morgan fingerprint density at radius 2 is 2.28 bits per heavy atom. The fraction of sp³-hybridized carbons (Fsp3) is 0.167. The van der Waals surface area contributed by atoms with Crippen molar-refractivity contribution < 1.29 is 4.21 Å². The Balaban J connectivity index is 2.19. The van der Waals surface area contributed by atoms with Gasteiger partial charge in [0.05, 0.1) is 6.20 Å². The molecule has 18 heavy (non-hydrogen) atoms. The molecule has 0 aliphatic rings. The van der Waals surface area contributed by atoms with Crippen LogP contribution in [-0.2, 0) is 16.6 Å². The molecule has 0 saturated carbocycles. The first-order valence-corrected chi connectivity index (χ1v) is 7.37. The van der Waals surface area contributed by atoms with Gasteiger partial charge in [-0.25, -0.2) is 9.97 Å². The molecule has 1 aromatic carbocycles. The molecule has 94 valence electrons. The van der Waals surface area contributed by atoms with E-state index in [1.54, 1.807) is 6.26 Å². The number of nitrogens with zero attached hydrogens (tertiary/aromatic N) is 2. The molecule has 1 N–H and O–H groups in total. The zero-order valence-electron chi connectivity index (χ0n) is 9.76. The van der Waals surface area contributed by atoms with Gasteiger partial charge in [-0.15, -0.1) is 0 Å². The lowest BCUT2D eigenvalue weighted by atomic mass is 10.2. The third-order valence-electron chi connectivity index (χ3n) is 2.23. The predicted molar refractivity (Wildman–Crippen MR) is 74.5 cm³/mol. The van der Waals surface area contributed by atoms with Crippen LogP contribution in [-0.4, -0.2) is 20.4 Å². The molecule has 1 atom stereocenters. The van der Waals surface area contributed by atoms with Crippen LogP contribution in [0.3, 0.4) is 0 Å². The standard InChI is InChI=1S/C12H12ClN3OS/c1-18(17)7-9-3-2-4-10(5-9)16-12-11(13)6-14-8-15-12/h2-6,8H,7H2,1H3,(H,14,15,16). The van der Waals surface area contributed by atoms with E-state index < -0.39 is 10.8 Å². The van der Waals surface area contributed by atoms with Crippen molar-refractivity contribution in [3.05, 3.63) is 47.4 Å².